The second-order valence-electron chi connectivity index (χ2n) is 4.90. The van der Waals surface area contributed by atoms with Gasteiger partial charge in [-0.15, -0.1) is 0 Å². The summed E-state index contributed by atoms with van der Waals surface area (Å²) in [6, 6.07) is 23.6. The van der Waals surface area contributed by atoms with Gasteiger partial charge in [-0.25, -0.2) is 0 Å². The van der Waals surface area contributed by atoms with Gasteiger partial charge in [-0.05, 0) is 35.4 Å². The molecule has 0 heterocycles. The Kier molecular flexibility index (Phi) is 3.20. The molecular formula is C18H17N. The van der Waals surface area contributed by atoms with Gasteiger partial charge in [0.1, 0.15) is 0 Å². The second kappa shape index (κ2) is 5.15. The molecule has 0 saturated carbocycles. The zero-order chi connectivity index (χ0) is 13.1. The Morgan fingerprint density at radius 3 is 2.32 bits per heavy atom. The van der Waals surface area contributed by atoms with Crippen LogP contribution in [0.15, 0.2) is 66.7 Å². The standard InChI is InChI=1S/C18H17N/c1-14-6-8-15(9-7-14)13-19-18-11-10-16-4-2-3-5-17(16)12-18/h2-12,19H,13H2,1H3. The van der Waals surface area contributed by atoms with E-state index >= 15 is 0 Å². The van der Waals surface area contributed by atoms with Crippen LogP contribution in [0.4, 0.5) is 5.69 Å². The van der Waals surface area contributed by atoms with Crippen LogP contribution >= 0.6 is 0 Å². The van der Waals surface area contributed by atoms with E-state index in [-0.39, 0.29) is 0 Å². The molecule has 3 aromatic rings. The average Bonchev–Trinajstić information content (AvgIpc) is 2.46. The summed E-state index contributed by atoms with van der Waals surface area (Å²) in [4.78, 5) is 0. The Hall–Kier alpha value is -2.28. The van der Waals surface area contributed by atoms with Gasteiger partial charge in [-0.3, -0.25) is 0 Å². The van der Waals surface area contributed by atoms with Crippen molar-refractivity contribution in [2.45, 2.75) is 13.5 Å². The van der Waals surface area contributed by atoms with E-state index in [9.17, 15) is 0 Å². The maximum absolute atomic E-state index is 3.47. The van der Waals surface area contributed by atoms with Crippen LogP contribution in [0, 0.1) is 6.92 Å². The SMILES string of the molecule is Cc1ccc(CNc2ccc3ccccc3c2)cc1. The highest BCUT2D eigenvalue weighted by Crippen LogP contribution is 2.19. The van der Waals surface area contributed by atoms with E-state index in [2.05, 4.69) is 79.0 Å². The molecule has 3 aromatic carbocycles. The monoisotopic (exact) mass is 247 g/mol. The molecule has 0 unspecified atom stereocenters. The lowest BCUT2D eigenvalue weighted by Crippen LogP contribution is -1.99. The minimum atomic E-state index is 0.860. The van der Waals surface area contributed by atoms with E-state index in [0.29, 0.717) is 0 Å². The molecule has 0 aliphatic rings. The fraction of sp³-hybridized carbons (Fsp3) is 0.111. The quantitative estimate of drug-likeness (QED) is 0.703. The number of hydrogen-bond donors (Lipinski definition) is 1. The number of hydrogen-bond acceptors (Lipinski definition) is 1. The van der Waals surface area contributed by atoms with Gasteiger partial charge in [-0.2, -0.15) is 0 Å². The number of aryl methyl sites for hydroxylation is 1. The largest absolute Gasteiger partial charge is 0.381 e. The van der Waals surface area contributed by atoms with Crippen LogP contribution < -0.4 is 5.32 Å². The van der Waals surface area contributed by atoms with Crippen LogP contribution in [0.1, 0.15) is 11.1 Å². The first-order valence-electron chi connectivity index (χ1n) is 6.59. The molecule has 0 amide bonds. The van der Waals surface area contributed by atoms with Crippen molar-refractivity contribution in [2.75, 3.05) is 5.32 Å². The Morgan fingerprint density at radius 2 is 1.53 bits per heavy atom. The number of benzene rings is 3. The van der Waals surface area contributed by atoms with Gasteiger partial charge in [0.2, 0.25) is 0 Å². The lowest BCUT2D eigenvalue weighted by Gasteiger charge is -2.08. The normalized spacial score (nSPS) is 10.6. The van der Waals surface area contributed by atoms with Gasteiger partial charge in [0.05, 0.1) is 0 Å². The highest BCUT2D eigenvalue weighted by atomic mass is 14.9. The minimum Gasteiger partial charge on any atom is -0.381 e. The van der Waals surface area contributed by atoms with Crippen LogP contribution in [0.2, 0.25) is 0 Å². The number of fused-ring (bicyclic) bond motifs is 1. The summed E-state index contributed by atoms with van der Waals surface area (Å²) >= 11 is 0. The molecule has 0 spiro atoms. The van der Waals surface area contributed by atoms with Crippen molar-refractivity contribution >= 4 is 16.5 Å². The summed E-state index contributed by atoms with van der Waals surface area (Å²) in [6.45, 7) is 2.97. The highest BCUT2D eigenvalue weighted by Gasteiger charge is 1.96. The molecule has 0 bridgehead atoms. The lowest BCUT2D eigenvalue weighted by atomic mass is 10.1. The first-order chi connectivity index (χ1) is 9.31. The molecule has 1 nitrogen and oxygen atoms in total. The molecular weight excluding hydrogens is 230 g/mol. The van der Waals surface area contributed by atoms with E-state index < -0.39 is 0 Å². The maximum atomic E-state index is 3.47. The number of anilines is 1. The maximum Gasteiger partial charge on any atom is 0.0400 e. The van der Waals surface area contributed by atoms with Gasteiger partial charge >= 0.3 is 0 Å². The lowest BCUT2D eigenvalue weighted by molar-refractivity contribution is 1.15. The predicted molar refractivity (Wildman–Crippen MR) is 82.5 cm³/mol. The van der Waals surface area contributed by atoms with Crippen molar-refractivity contribution < 1.29 is 0 Å². The van der Waals surface area contributed by atoms with E-state index in [4.69, 9.17) is 0 Å². The van der Waals surface area contributed by atoms with Gasteiger partial charge in [-0.1, -0.05) is 60.2 Å². The smallest absolute Gasteiger partial charge is 0.0400 e. The van der Waals surface area contributed by atoms with Crippen molar-refractivity contribution in [3.8, 4) is 0 Å². The zero-order valence-corrected chi connectivity index (χ0v) is 11.1. The molecule has 0 aliphatic carbocycles. The summed E-state index contributed by atoms with van der Waals surface area (Å²) in [5.41, 5.74) is 3.77. The Labute approximate surface area is 113 Å². The second-order valence-corrected chi connectivity index (χ2v) is 4.90. The number of nitrogens with one attached hydrogen (secondary N) is 1. The molecule has 0 aromatic heterocycles. The average molecular weight is 247 g/mol. The van der Waals surface area contributed by atoms with Crippen molar-refractivity contribution in [2.24, 2.45) is 0 Å². The highest BCUT2D eigenvalue weighted by molar-refractivity contribution is 5.85. The first kappa shape index (κ1) is 11.8. The van der Waals surface area contributed by atoms with Crippen LogP contribution in [0.25, 0.3) is 10.8 Å². The molecule has 0 radical (unpaired) electrons. The Morgan fingerprint density at radius 1 is 0.789 bits per heavy atom. The van der Waals surface area contributed by atoms with Crippen LogP contribution in [-0.2, 0) is 6.54 Å². The van der Waals surface area contributed by atoms with Crippen LogP contribution in [0.5, 0.6) is 0 Å². The zero-order valence-electron chi connectivity index (χ0n) is 11.1. The molecule has 1 heteroatoms. The van der Waals surface area contributed by atoms with Crippen molar-refractivity contribution in [1.82, 2.24) is 0 Å². The van der Waals surface area contributed by atoms with Crippen molar-refractivity contribution in [3.63, 3.8) is 0 Å². The number of rotatable bonds is 3. The molecule has 0 atom stereocenters. The predicted octanol–water partition coefficient (Wildman–Crippen LogP) is 4.76. The van der Waals surface area contributed by atoms with E-state index in [1.54, 1.807) is 0 Å². The van der Waals surface area contributed by atoms with Gasteiger partial charge in [0.15, 0.2) is 0 Å². The molecule has 1 N–H and O–H groups in total. The molecule has 0 saturated heterocycles. The Bertz CT molecular complexity index is 683. The fourth-order valence-corrected chi connectivity index (χ4v) is 2.21. The van der Waals surface area contributed by atoms with Crippen molar-refractivity contribution in [1.29, 1.82) is 0 Å². The summed E-state index contributed by atoms with van der Waals surface area (Å²) in [7, 11) is 0. The molecule has 0 fully saturated rings. The summed E-state index contributed by atoms with van der Waals surface area (Å²) in [5.74, 6) is 0. The molecule has 3 rings (SSSR count). The van der Waals surface area contributed by atoms with Crippen LogP contribution in [-0.4, -0.2) is 0 Å². The topological polar surface area (TPSA) is 12.0 Å². The third kappa shape index (κ3) is 2.76. The third-order valence-electron chi connectivity index (χ3n) is 3.37. The van der Waals surface area contributed by atoms with E-state index in [1.807, 2.05) is 0 Å². The summed E-state index contributed by atoms with van der Waals surface area (Å²) < 4.78 is 0. The van der Waals surface area contributed by atoms with Gasteiger partial charge < -0.3 is 5.32 Å². The van der Waals surface area contributed by atoms with Gasteiger partial charge in [0.25, 0.3) is 0 Å². The molecule has 19 heavy (non-hydrogen) atoms. The summed E-state index contributed by atoms with van der Waals surface area (Å²) in [5, 5.41) is 6.03. The van der Waals surface area contributed by atoms with E-state index in [1.165, 1.54) is 27.6 Å². The first-order valence-corrected chi connectivity index (χ1v) is 6.59. The minimum absolute atomic E-state index is 0.860. The van der Waals surface area contributed by atoms with E-state index in [0.717, 1.165) is 6.54 Å². The Balaban J connectivity index is 1.76. The molecule has 0 aliphatic heterocycles. The fourth-order valence-electron chi connectivity index (χ4n) is 2.21. The molecule has 94 valence electrons. The third-order valence-corrected chi connectivity index (χ3v) is 3.37. The van der Waals surface area contributed by atoms with Gasteiger partial charge in [0, 0.05) is 12.2 Å². The van der Waals surface area contributed by atoms with Crippen LogP contribution in [0.3, 0.4) is 0 Å². The van der Waals surface area contributed by atoms with Crippen molar-refractivity contribution in [3.05, 3.63) is 77.9 Å². The summed E-state index contributed by atoms with van der Waals surface area (Å²) in [6.07, 6.45) is 0.